The molecule has 6 nitrogen and oxygen atoms in total. The summed E-state index contributed by atoms with van der Waals surface area (Å²) in [5, 5.41) is 22.6. The summed E-state index contributed by atoms with van der Waals surface area (Å²) in [6.07, 6.45) is 4.84. The summed E-state index contributed by atoms with van der Waals surface area (Å²) in [7, 11) is 1.61. The summed E-state index contributed by atoms with van der Waals surface area (Å²) < 4.78 is 5.34. The Morgan fingerprint density at radius 1 is 1.26 bits per heavy atom. The summed E-state index contributed by atoms with van der Waals surface area (Å²) in [6.45, 7) is 2.28. The molecule has 1 aromatic heterocycles. The Hall–Kier alpha value is -2.67. The van der Waals surface area contributed by atoms with Gasteiger partial charge in [-0.3, -0.25) is 9.78 Å². The number of rotatable bonds is 10. The van der Waals surface area contributed by atoms with E-state index < -0.39 is 18.0 Å². The van der Waals surface area contributed by atoms with Crippen molar-refractivity contribution in [3.63, 3.8) is 0 Å². The molecule has 1 fully saturated rings. The molecule has 3 aromatic rings. The topological polar surface area (TPSA) is 82.9 Å². The van der Waals surface area contributed by atoms with Gasteiger partial charge in [-0.2, -0.15) is 0 Å². The first-order valence-electron chi connectivity index (χ1n) is 12.3. The van der Waals surface area contributed by atoms with Crippen molar-refractivity contribution in [3.8, 4) is 5.75 Å². The van der Waals surface area contributed by atoms with Gasteiger partial charge in [0.25, 0.3) is 0 Å². The highest BCUT2D eigenvalue weighted by Crippen LogP contribution is 2.34. The van der Waals surface area contributed by atoms with Gasteiger partial charge >= 0.3 is 5.97 Å². The molecule has 0 amide bonds. The minimum absolute atomic E-state index is 0.0459. The lowest BCUT2D eigenvalue weighted by molar-refractivity contribution is -0.146. The van der Waals surface area contributed by atoms with Crippen molar-refractivity contribution < 1.29 is 19.7 Å². The molecule has 35 heavy (non-hydrogen) atoms. The van der Waals surface area contributed by atoms with Gasteiger partial charge in [0, 0.05) is 23.2 Å². The summed E-state index contributed by atoms with van der Waals surface area (Å²) in [4.78, 5) is 18.7. The Bertz CT molecular complexity index is 1150. The quantitative estimate of drug-likeness (QED) is 0.393. The number of fused-ring (bicyclic) bond motifs is 1. The molecular weight excluding hydrogens is 464 g/mol. The van der Waals surface area contributed by atoms with Crippen LogP contribution in [0.3, 0.4) is 0 Å². The lowest BCUT2D eigenvalue weighted by Gasteiger charge is -2.37. The van der Waals surface area contributed by atoms with Crippen LogP contribution in [-0.2, 0) is 11.2 Å². The Kier molecular flexibility index (Phi) is 8.60. The van der Waals surface area contributed by atoms with E-state index in [4.69, 9.17) is 16.3 Å². The van der Waals surface area contributed by atoms with E-state index in [1.165, 1.54) is 0 Å². The van der Waals surface area contributed by atoms with E-state index in [-0.39, 0.29) is 5.92 Å². The Morgan fingerprint density at radius 2 is 2.09 bits per heavy atom. The molecule has 7 heteroatoms. The first-order chi connectivity index (χ1) is 17.0. The first kappa shape index (κ1) is 25.4. The molecular formula is C28H33ClN2O4. The average molecular weight is 497 g/mol. The number of benzene rings is 2. The SMILES string of the molecule is COc1ccc2nccc(C(O)CC[C@@H]3CCN(CCCc4ccccc4Cl)C[C@@H]3C(=O)O)c2c1. The minimum Gasteiger partial charge on any atom is -0.497 e. The van der Waals surface area contributed by atoms with Crippen LogP contribution in [0.25, 0.3) is 10.9 Å². The Balaban J connectivity index is 1.34. The maximum Gasteiger partial charge on any atom is 0.308 e. The fraction of sp³-hybridized carbons (Fsp3) is 0.429. The van der Waals surface area contributed by atoms with Gasteiger partial charge in [0.15, 0.2) is 0 Å². The summed E-state index contributed by atoms with van der Waals surface area (Å²) in [5.74, 6) is -0.415. The summed E-state index contributed by atoms with van der Waals surface area (Å²) >= 11 is 6.26. The summed E-state index contributed by atoms with van der Waals surface area (Å²) in [5.41, 5.74) is 2.74. The zero-order chi connectivity index (χ0) is 24.8. The van der Waals surface area contributed by atoms with Gasteiger partial charge < -0.3 is 19.8 Å². The van der Waals surface area contributed by atoms with Crippen molar-refractivity contribution in [2.75, 3.05) is 26.7 Å². The van der Waals surface area contributed by atoms with Crippen molar-refractivity contribution in [1.29, 1.82) is 0 Å². The Morgan fingerprint density at radius 3 is 2.86 bits per heavy atom. The number of carboxylic acids is 1. The van der Waals surface area contributed by atoms with Crippen LogP contribution < -0.4 is 4.74 Å². The number of aliphatic carboxylic acids is 1. The van der Waals surface area contributed by atoms with Crippen LogP contribution in [0.1, 0.15) is 42.9 Å². The highest BCUT2D eigenvalue weighted by atomic mass is 35.5. The van der Waals surface area contributed by atoms with Crippen LogP contribution in [0, 0.1) is 11.8 Å². The maximum atomic E-state index is 12.1. The fourth-order valence-corrected chi connectivity index (χ4v) is 5.41. The number of halogens is 1. The first-order valence-corrected chi connectivity index (χ1v) is 12.6. The van der Waals surface area contributed by atoms with Crippen LogP contribution in [0.15, 0.2) is 54.7 Å². The monoisotopic (exact) mass is 496 g/mol. The number of carboxylic acid groups (broad SMARTS) is 1. The second-order valence-corrected chi connectivity index (χ2v) is 9.77. The predicted octanol–water partition coefficient (Wildman–Crippen LogP) is 5.37. The number of piperidine rings is 1. The number of aryl methyl sites for hydroxylation is 1. The number of aliphatic hydroxyl groups is 1. The largest absolute Gasteiger partial charge is 0.497 e. The van der Waals surface area contributed by atoms with E-state index in [1.807, 2.05) is 48.5 Å². The number of ether oxygens (including phenoxy) is 1. The lowest BCUT2D eigenvalue weighted by atomic mass is 9.81. The van der Waals surface area contributed by atoms with Crippen molar-refractivity contribution in [1.82, 2.24) is 9.88 Å². The third kappa shape index (κ3) is 6.31. The van der Waals surface area contributed by atoms with Crippen molar-refractivity contribution >= 4 is 28.5 Å². The van der Waals surface area contributed by atoms with Crippen LogP contribution in [0.5, 0.6) is 5.75 Å². The second kappa shape index (κ2) is 11.8. The van der Waals surface area contributed by atoms with Gasteiger partial charge in [0.2, 0.25) is 0 Å². The average Bonchev–Trinajstić information content (AvgIpc) is 2.88. The number of hydrogen-bond acceptors (Lipinski definition) is 5. The zero-order valence-electron chi connectivity index (χ0n) is 20.1. The number of aromatic nitrogens is 1. The molecule has 2 N–H and O–H groups in total. The van der Waals surface area contributed by atoms with Crippen LogP contribution in [-0.4, -0.2) is 52.8 Å². The maximum absolute atomic E-state index is 12.1. The molecule has 1 aliphatic heterocycles. The Labute approximate surface area is 211 Å². The van der Waals surface area contributed by atoms with E-state index >= 15 is 0 Å². The zero-order valence-corrected chi connectivity index (χ0v) is 20.8. The van der Waals surface area contributed by atoms with Crippen LogP contribution in [0.4, 0.5) is 0 Å². The smallest absolute Gasteiger partial charge is 0.308 e. The molecule has 1 unspecified atom stereocenters. The molecule has 0 aliphatic carbocycles. The van der Waals surface area contributed by atoms with E-state index in [9.17, 15) is 15.0 Å². The van der Waals surface area contributed by atoms with Gasteiger partial charge in [-0.15, -0.1) is 0 Å². The van der Waals surface area contributed by atoms with Gasteiger partial charge in [-0.25, -0.2) is 0 Å². The normalized spacial score (nSPS) is 19.5. The van der Waals surface area contributed by atoms with Gasteiger partial charge in [0.05, 0.1) is 24.6 Å². The van der Waals surface area contributed by atoms with Crippen molar-refractivity contribution in [2.45, 2.75) is 38.2 Å². The van der Waals surface area contributed by atoms with Gasteiger partial charge in [-0.05, 0) is 92.6 Å². The standard InChI is InChI=1S/C28H33ClN2O4/c1-35-21-9-10-26-23(17-21)22(12-14-30-26)27(32)11-8-19-13-16-31(18-24(19)28(33)34)15-4-6-20-5-2-3-7-25(20)29/h2-3,5,7,9-10,12,14,17,19,24,27,32H,4,6,8,11,13,15-16,18H2,1H3,(H,33,34)/t19-,24+,27?/m1/s1. The third-order valence-electron chi connectivity index (χ3n) is 7.19. The predicted molar refractivity (Wildman–Crippen MR) is 138 cm³/mol. The number of likely N-dealkylation sites (tertiary alicyclic amines) is 1. The van der Waals surface area contributed by atoms with Gasteiger partial charge in [0.1, 0.15) is 5.75 Å². The number of nitrogens with zero attached hydrogens (tertiary/aromatic N) is 2. The molecule has 2 heterocycles. The molecule has 0 spiro atoms. The number of pyridine rings is 1. The molecule has 2 aromatic carbocycles. The molecule has 0 bridgehead atoms. The van der Waals surface area contributed by atoms with Crippen LogP contribution >= 0.6 is 11.6 Å². The van der Waals surface area contributed by atoms with E-state index in [2.05, 4.69) is 9.88 Å². The van der Waals surface area contributed by atoms with Crippen molar-refractivity contribution in [2.24, 2.45) is 11.8 Å². The number of aliphatic hydroxyl groups excluding tert-OH is 1. The third-order valence-corrected chi connectivity index (χ3v) is 7.56. The molecule has 186 valence electrons. The van der Waals surface area contributed by atoms with Gasteiger partial charge in [-0.1, -0.05) is 29.8 Å². The minimum atomic E-state index is -0.751. The molecule has 0 radical (unpaired) electrons. The molecule has 1 saturated heterocycles. The molecule has 1 aliphatic rings. The van der Waals surface area contributed by atoms with E-state index in [1.54, 1.807) is 13.3 Å². The highest BCUT2D eigenvalue weighted by Gasteiger charge is 2.34. The van der Waals surface area contributed by atoms with Crippen molar-refractivity contribution in [3.05, 3.63) is 70.9 Å². The van der Waals surface area contributed by atoms with E-state index in [0.717, 1.165) is 59.4 Å². The molecule has 0 saturated carbocycles. The van der Waals surface area contributed by atoms with E-state index in [0.29, 0.717) is 25.1 Å². The molecule has 4 rings (SSSR count). The lowest BCUT2D eigenvalue weighted by Crippen LogP contribution is -2.44. The number of methoxy groups -OCH3 is 1. The molecule has 3 atom stereocenters. The van der Waals surface area contributed by atoms with Crippen LogP contribution in [0.2, 0.25) is 5.02 Å². The second-order valence-electron chi connectivity index (χ2n) is 9.37. The number of carbonyl (C=O) groups is 1. The summed E-state index contributed by atoms with van der Waals surface area (Å²) in [6, 6.07) is 15.3. The highest BCUT2D eigenvalue weighted by molar-refractivity contribution is 6.31. The fourth-order valence-electron chi connectivity index (χ4n) is 5.18. The number of hydrogen-bond donors (Lipinski definition) is 2.